The van der Waals surface area contributed by atoms with Crippen LogP contribution in [0.3, 0.4) is 0 Å². The van der Waals surface area contributed by atoms with Gasteiger partial charge in [0.05, 0.1) is 6.67 Å². The molecule has 3 aromatic rings. The Hall–Kier alpha value is -3.07. The van der Waals surface area contributed by atoms with Crippen LogP contribution in [0.1, 0.15) is 19.4 Å². The van der Waals surface area contributed by atoms with Crippen LogP contribution in [-0.2, 0) is 6.54 Å². The molecule has 0 radical (unpaired) electrons. The van der Waals surface area contributed by atoms with Gasteiger partial charge in [0.2, 0.25) is 0 Å². The van der Waals surface area contributed by atoms with Crippen LogP contribution in [0.4, 0.5) is 18.9 Å². The fourth-order valence-electron chi connectivity index (χ4n) is 3.64. The smallest absolute Gasteiger partial charge is 0.406 e. The molecule has 3 heterocycles. The normalized spacial score (nSPS) is 16.8. The van der Waals surface area contributed by atoms with Crippen molar-refractivity contribution in [2.45, 2.75) is 32.3 Å². The molecule has 9 heteroatoms. The Bertz CT molecular complexity index is 987. The lowest BCUT2D eigenvalue weighted by Crippen LogP contribution is -2.39. The van der Waals surface area contributed by atoms with Crippen molar-refractivity contribution in [1.82, 2.24) is 19.9 Å². The number of halogens is 3. The van der Waals surface area contributed by atoms with Gasteiger partial charge in [0, 0.05) is 42.9 Å². The number of aromatic nitrogens is 3. The van der Waals surface area contributed by atoms with Crippen LogP contribution < -0.4 is 9.64 Å². The lowest BCUT2D eigenvalue weighted by Gasteiger charge is -2.29. The van der Waals surface area contributed by atoms with E-state index in [-0.39, 0.29) is 11.3 Å². The minimum absolute atomic E-state index is 0.116. The monoisotopic (exact) mass is 417 g/mol. The maximum atomic E-state index is 12.4. The summed E-state index contributed by atoms with van der Waals surface area (Å²) >= 11 is 0. The average Bonchev–Trinajstić information content (AvgIpc) is 3.30. The number of alkyl halides is 3. The third-order valence-corrected chi connectivity index (χ3v) is 5.15. The molecule has 0 amide bonds. The molecule has 30 heavy (non-hydrogen) atoms. The highest BCUT2D eigenvalue weighted by Crippen LogP contribution is 2.32. The van der Waals surface area contributed by atoms with Crippen molar-refractivity contribution in [3.8, 4) is 17.3 Å². The Morgan fingerprint density at radius 2 is 1.87 bits per heavy atom. The standard InChI is InChI=1S/C21H22F3N5O/c1-20(2)13-28(16-3-5-17(6-4-16)30-21(22,23)24)14-29(20)12-15-7-8-25-18(11-15)19-26-9-10-27-19/h3-11H,12-14H2,1-2H3,(H,26,27). The fraction of sp³-hybridized carbons (Fsp3) is 0.333. The van der Waals surface area contributed by atoms with E-state index in [1.807, 2.05) is 12.1 Å². The molecule has 158 valence electrons. The Labute approximate surface area is 172 Å². The van der Waals surface area contributed by atoms with Crippen LogP contribution in [-0.4, -0.2) is 45.0 Å². The van der Waals surface area contributed by atoms with E-state index in [4.69, 9.17) is 0 Å². The molecule has 1 aliphatic rings. The average molecular weight is 417 g/mol. The molecule has 1 aliphatic heterocycles. The summed E-state index contributed by atoms with van der Waals surface area (Å²) in [7, 11) is 0. The number of imidazole rings is 1. The van der Waals surface area contributed by atoms with Crippen LogP contribution in [0.2, 0.25) is 0 Å². The number of ether oxygens (including phenoxy) is 1. The van der Waals surface area contributed by atoms with Gasteiger partial charge < -0.3 is 14.6 Å². The summed E-state index contributed by atoms with van der Waals surface area (Å²) < 4.78 is 41.1. The van der Waals surface area contributed by atoms with Crippen LogP contribution in [0.25, 0.3) is 11.5 Å². The molecule has 4 rings (SSSR count). The van der Waals surface area contributed by atoms with Crippen molar-refractivity contribution >= 4 is 5.69 Å². The van der Waals surface area contributed by atoms with Gasteiger partial charge in [-0.1, -0.05) is 0 Å². The van der Waals surface area contributed by atoms with Gasteiger partial charge in [-0.3, -0.25) is 9.88 Å². The molecule has 2 aromatic heterocycles. The third kappa shape index (κ3) is 4.56. The van der Waals surface area contributed by atoms with Gasteiger partial charge in [-0.05, 0) is 55.8 Å². The topological polar surface area (TPSA) is 57.3 Å². The van der Waals surface area contributed by atoms with E-state index in [1.54, 1.807) is 30.7 Å². The zero-order chi connectivity index (χ0) is 21.4. The number of hydrogen-bond acceptors (Lipinski definition) is 5. The van der Waals surface area contributed by atoms with Gasteiger partial charge in [0.15, 0.2) is 5.82 Å². The van der Waals surface area contributed by atoms with E-state index in [1.165, 1.54) is 12.1 Å². The SMILES string of the molecule is CC1(C)CN(c2ccc(OC(F)(F)F)cc2)CN1Cc1ccnc(-c2ncc[nH]2)c1. The molecule has 0 spiro atoms. The predicted octanol–water partition coefficient (Wildman–Crippen LogP) is 4.43. The third-order valence-electron chi connectivity index (χ3n) is 5.15. The molecule has 1 fully saturated rings. The molecule has 6 nitrogen and oxygen atoms in total. The Morgan fingerprint density at radius 1 is 1.10 bits per heavy atom. The molecule has 0 bridgehead atoms. The van der Waals surface area contributed by atoms with E-state index >= 15 is 0 Å². The van der Waals surface area contributed by atoms with E-state index in [0.29, 0.717) is 6.67 Å². The van der Waals surface area contributed by atoms with E-state index < -0.39 is 6.36 Å². The molecule has 0 aliphatic carbocycles. The zero-order valence-electron chi connectivity index (χ0n) is 16.6. The summed E-state index contributed by atoms with van der Waals surface area (Å²) in [5.41, 5.74) is 2.63. The Morgan fingerprint density at radius 3 is 2.53 bits per heavy atom. The van der Waals surface area contributed by atoms with Gasteiger partial charge in [0.1, 0.15) is 11.4 Å². The van der Waals surface area contributed by atoms with Crippen LogP contribution in [0.5, 0.6) is 5.75 Å². The summed E-state index contributed by atoms with van der Waals surface area (Å²) in [6.45, 7) is 6.44. The lowest BCUT2D eigenvalue weighted by atomic mass is 10.0. The number of pyridine rings is 1. The van der Waals surface area contributed by atoms with Crippen LogP contribution >= 0.6 is 0 Å². The van der Waals surface area contributed by atoms with Gasteiger partial charge in [-0.2, -0.15) is 0 Å². The predicted molar refractivity (Wildman–Crippen MR) is 107 cm³/mol. The number of benzene rings is 1. The summed E-state index contributed by atoms with van der Waals surface area (Å²) in [5, 5.41) is 0. The number of nitrogens with zero attached hydrogens (tertiary/aromatic N) is 4. The highest BCUT2D eigenvalue weighted by atomic mass is 19.4. The summed E-state index contributed by atoms with van der Waals surface area (Å²) in [6.07, 6.45) is 0.534. The fourth-order valence-corrected chi connectivity index (χ4v) is 3.64. The quantitative estimate of drug-likeness (QED) is 0.666. The van der Waals surface area contributed by atoms with Crippen molar-refractivity contribution in [3.63, 3.8) is 0 Å². The molecular formula is C21H22F3N5O. The minimum atomic E-state index is -4.69. The number of aromatic amines is 1. The van der Waals surface area contributed by atoms with Gasteiger partial charge in [-0.25, -0.2) is 4.98 Å². The molecule has 0 unspecified atom stereocenters. The Kier molecular flexibility index (Phi) is 5.15. The van der Waals surface area contributed by atoms with Gasteiger partial charge in [0.25, 0.3) is 0 Å². The molecule has 0 saturated carbocycles. The second-order valence-electron chi connectivity index (χ2n) is 7.88. The van der Waals surface area contributed by atoms with Crippen LogP contribution in [0.15, 0.2) is 55.0 Å². The summed E-state index contributed by atoms with van der Waals surface area (Å²) in [4.78, 5) is 16.2. The molecule has 0 atom stereocenters. The van der Waals surface area contributed by atoms with Crippen molar-refractivity contribution in [2.75, 3.05) is 18.1 Å². The number of H-pyrrole nitrogens is 1. The van der Waals surface area contributed by atoms with E-state index in [9.17, 15) is 13.2 Å². The van der Waals surface area contributed by atoms with Crippen molar-refractivity contribution in [1.29, 1.82) is 0 Å². The van der Waals surface area contributed by atoms with Crippen molar-refractivity contribution < 1.29 is 17.9 Å². The number of nitrogens with one attached hydrogen (secondary N) is 1. The second-order valence-corrected chi connectivity index (χ2v) is 7.88. The zero-order valence-corrected chi connectivity index (χ0v) is 16.6. The van der Waals surface area contributed by atoms with E-state index in [2.05, 4.69) is 43.3 Å². The van der Waals surface area contributed by atoms with Crippen molar-refractivity contribution in [2.24, 2.45) is 0 Å². The Balaban J connectivity index is 1.47. The largest absolute Gasteiger partial charge is 0.573 e. The first kappa shape index (κ1) is 20.2. The molecule has 1 N–H and O–H groups in total. The summed E-state index contributed by atoms with van der Waals surface area (Å²) in [5.74, 6) is 0.504. The van der Waals surface area contributed by atoms with E-state index in [0.717, 1.165) is 35.9 Å². The summed E-state index contributed by atoms with van der Waals surface area (Å²) in [6, 6.07) is 9.99. The number of rotatable bonds is 5. The first-order chi connectivity index (χ1) is 14.2. The maximum absolute atomic E-state index is 12.4. The number of anilines is 1. The molecule has 1 aromatic carbocycles. The lowest BCUT2D eigenvalue weighted by molar-refractivity contribution is -0.274. The molecule has 1 saturated heterocycles. The van der Waals surface area contributed by atoms with Crippen LogP contribution in [0, 0.1) is 0 Å². The first-order valence-corrected chi connectivity index (χ1v) is 9.50. The second kappa shape index (κ2) is 7.64. The van der Waals surface area contributed by atoms with Gasteiger partial charge >= 0.3 is 6.36 Å². The minimum Gasteiger partial charge on any atom is -0.406 e. The van der Waals surface area contributed by atoms with Crippen molar-refractivity contribution in [3.05, 3.63) is 60.6 Å². The number of hydrogen-bond donors (Lipinski definition) is 1. The molecular weight excluding hydrogens is 395 g/mol. The highest BCUT2D eigenvalue weighted by molar-refractivity contribution is 5.51. The highest BCUT2D eigenvalue weighted by Gasteiger charge is 2.37. The maximum Gasteiger partial charge on any atom is 0.573 e. The first-order valence-electron chi connectivity index (χ1n) is 9.50. The van der Waals surface area contributed by atoms with Gasteiger partial charge in [-0.15, -0.1) is 13.2 Å².